The van der Waals surface area contributed by atoms with Gasteiger partial charge in [0.2, 0.25) is 0 Å². The number of piperazine rings is 1. The van der Waals surface area contributed by atoms with Gasteiger partial charge in [0.1, 0.15) is 5.75 Å². The molecule has 2 rings (SSSR count). The highest BCUT2D eigenvalue weighted by Gasteiger charge is 2.20. The number of ether oxygens (including phenoxy) is 1. The number of amides is 1. The number of hydrogen-bond acceptors (Lipinski definition) is 4. The van der Waals surface area contributed by atoms with Gasteiger partial charge in [0.05, 0.1) is 12.7 Å². The van der Waals surface area contributed by atoms with Crippen molar-refractivity contribution in [2.75, 3.05) is 52.3 Å². The van der Waals surface area contributed by atoms with Crippen LogP contribution in [0.2, 0.25) is 0 Å². The van der Waals surface area contributed by atoms with Gasteiger partial charge >= 0.3 is 0 Å². The summed E-state index contributed by atoms with van der Waals surface area (Å²) < 4.78 is 5.23. The summed E-state index contributed by atoms with van der Waals surface area (Å²) in [7, 11) is 5.15. The predicted octanol–water partition coefficient (Wildman–Crippen LogP) is 0.807. The second-order valence-corrected chi connectivity index (χ2v) is 4.82. The molecular formula is C14H21N3O2. The maximum atomic E-state index is 12.3. The molecule has 0 unspecified atom stereocenters. The summed E-state index contributed by atoms with van der Waals surface area (Å²) in [5.41, 5.74) is 1.69. The molecule has 1 heterocycles. The van der Waals surface area contributed by atoms with Crippen LogP contribution >= 0.6 is 0 Å². The van der Waals surface area contributed by atoms with Gasteiger partial charge in [-0.3, -0.25) is 4.79 Å². The number of anilines is 1. The van der Waals surface area contributed by atoms with E-state index < -0.39 is 0 Å². The number of carbonyl (C=O) groups excluding carboxylic acids is 1. The predicted molar refractivity (Wildman–Crippen MR) is 76.1 cm³/mol. The summed E-state index contributed by atoms with van der Waals surface area (Å²) in [6, 6.07) is 5.70. The SMILES string of the molecule is COc1ccc(N2CCNCC2)c(C(=O)N(C)C)c1. The van der Waals surface area contributed by atoms with Crippen molar-refractivity contribution in [3.8, 4) is 5.75 Å². The standard InChI is InChI=1S/C14H21N3O2/c1-16(2)14(18)12-10-11(19-3)4-5-13(12)17-8-6-15-7-9-17/h4-5,10,15H,6-9H2,1-3H3. The summed E-state index contributed by atoms with van der Waals surface area (Å²) in [5, 5.41) is 3.32. The van der Waals surface area contributed by atoms with Crippen LogP contribution in [0, 0.1) is 0 Å². The van der Waals surface area contributed by atoms with Crippen LogP contribution in [0.4, 0.5) is 5.69 Å². The average Bonchev–Trinajstić information content (AvgIpc) is 2.46. The highest BCUT2D eigenvalue weighted by Crippen LogP contribution is 2.26. The third-order valence-electron chi connectivity index (χ3n) is 3.30. The smallest absolute Gasteiger partial charge is 0.255 e. The van der Waals surface area contributed by atoms with Gasteiger partial charge in [-0.2, -0.15) is 0 Å². The lowest BCUT2D eigenvalue weighted by molar-refractivity contribution is 0.0827. The Labute approximate surface area is 114 Å². The summed E-state index contributed by atoms with van der Waals surface area (Å²) in [6.07, 6.45) is 0. The molecule has 104 valence electrons. The molecule has 0 saturated carbocycles. The minimum Gasteiger partial charge on any atom is -0.497 e. The van der Waals surface area contributed by atoms with Crippen LogP contribution in [0.5, 0.6) is 5.75 Å². The average molecular weight is 263 g/mol. The van der Waals surface area contributed by atoms with Crippen molar-refractivity contribution in [1.29, 1.82) is 0 Å². The number of nitrogens with one attached hydrogen (secondary N) is 1. The minimum atomic E-state index is 0.00688. The quantitative estimate of drug-likeness (QED) is 0.876. The van der Waals surface area contributed by atoms with Crippen LogP contribution in [0.3, 0.4) is 0 Å². The lowest BCUT2D eigenvalue weighted by Crippen LogP contribution is -2.44. The van der Waals surface area contributed by atoms with E-state index in [9.17, 15) is 4.79 Å². The first-order valence-corrected chi connectivity index (χ1v) is 6.49. The molecule has 1 N–H and O–H groups in total. The van der Waals surface area contributed by atoms with Crippen molar-refractivity contribution in [3.63, 3.8) is 0 Å². The number of nitrogens with zero attached hydrogens (tertiary/aromatic N) is 2. The molecule has 0 bridgehead atoms. The molecular weight excluding hydrogens is 242 g/mol. The minimum absolute atomic E-state index is 0.00688. The van der Waals surface area contributed by atoms with Crippen LogP contribution < -0.4 is 15.0 Å². The first-order valence-electron chi connectivity index (χ1n) is 6.49. The van der Waals surface area contributed by atoms with Gasteiger partial charge in [-0.05, 0) is 18.2 Å². The topological polar surface area (TPSA) is 44.8 Å². The van der Waals surface area contributed by atoms with E-state index in [2.05, 4.69) is 10.2 Å². The Hall–Kier alpha value is -1.75. The molecule has 1 saturated heterocycles. The van der Waals surface area contributed by atoms with Gasteiger partial charge in [-0.1, -0.05) is 0 Å². The first kappa shape index (κ1) is 13.7. The first-order chi connectivity index (χ1) is 9.13. The van der Waals surface area contributed by atoms with Crippen LogP contribution in [-0.4, -0.2) is 58.2 Å². The number of benzene rings is 1. The summed E-state index contributed by atoms with van der Waals surface area (Å²) in [5.74, 6) is 0.719. The van der Waals surface area contributed by atoms with E-state index in [4.69, 9.17) is 4.74 Å². The van der Waals surface area contributed by atoms with E-state index in [0.717, 1.165) is 31.9 Å². The molecule has 1 aliphatic heterocycles. The highest BCUT2D eigenvalue weighted by atomic mass is 16.5. The summed E-state index contributed by atoms with van der Waals surface area (Å²) >= 11 is 0. The zero-order valence-electron chi connectivity index (χ0n) is 11.8. The van der Waals surface area contributed by atoms with E-state index in [1.807, 2.05) is 18.2 Å². The molecule has 5 heteroatoms. The zero-order chi connectivity index (χ0) is 13.8. The van der Waals surface area contributed by atoms with Crippen LogP contribution in [-0.2, 0) is 0 Å². The Balaban J connectivity index is 2.37. The van der Waals surface area contributed by atoms with Crippen LogP contribution in [0.1, 0.15) is 10.4 Å². The van der Waals surface area contributed by atoms with Crippen molar-refractivity contribution >= 4 is 11.6 Å². The van der Waals surface area contributed by atoms with Crippen molar-refractivity contribution in [1.82, 2.24) is 10.2 Å². The molecule has 0 spiro atoms. The van der Waals surface area contributed by atoms with Crippen LogP contribution in [0.15, 0.2) is 18.2 Å². The number of hydrogen-bond donors (Lipinski definition) is 1. The molecule has 1 aliphatic rings. The zero-order valence-corrected chi connectivity index (χ0v) is 11.8. The fourth-order valence-corrected chi connectivity index (χ4v) is 2.24. The van der Waals surface area contributed by atoms with E-state index in [1.165, 1.54) is 0 Å². The van der Waals surface area contributed by atoms with Crippen molar-refractivity contribution in [2.24, 2.45) is 0 Å². The maximum Gasteiger partial charge on any atom is 0.255 e. The fourth-order valence-electron chi connectivity index (χ4n) is 2.24. The Morgan fingerprint density at radius 2 is 2.00 bits per heavy atom. The normalized spacial score (nSPS) is 15.2. The van der Waals surface area contributed by atoms with E-state index >= 15 is 0 Å². The molecule has 0 aromatic heterocycles. The molecule has 1 aromatic carbocycles. The Morgan fingerprint density at radius 1 is 1.32 bits per heavy atom. The van der Waals surface area contributed by atoms with Crippen LogP contribution in [0.25, 0.3) is 0 Å². The third kappa shape index (κ3) is 2.98. The number of rotatable bonds is 3. The van der Waals surface area contributed by atoms with Gasteiger partial charge in [0.25, 0.3) is 5.91 Å². The Bertz CT molecular complexity index is 454. The Kier molecular flexibility index (Phi) is 4.27. The molecule has 1 amide bonds. The van der Waals surface area contributed by atoms with Crippen molar-refractivity contribution < 1.29 is 9.53 Å². The molecule has 1 aromatic rings. The van der Waals surface area contributed by atoms with Gasteiger partial charge in [0.15, 0.2) is 0 Å². The number of methoxy groups -OCH3 is 1. The van der Waals surface area contributed by atoms with Gasteiger partial charge in [0, 0.05) is 46.0 Å². The second-order valence-electron chi connectivity index (χ2n) is 4.82. The van der Waals surface area contributed by atoms with E-state index in [-0.39, 0.29) is 5.91 Å². The van der Waals surface area contributed by atoms with Crippen molar-refractivity contribution in [2.45, 2.75) is 0 Å². The molecule has 0 aliphatic carbocycles. The molecule has 0 atom stereocenters. The fraction of sp³-hybridized carbons (Fsp3) is 0.500. The number of carbonyl (C=O) groups is 1. The summed E-state index contributed by atoms with van der Waals surface area (Å²) in [6.45, 7) is 3.73. The third-order valence-corrected chi connectivity index (χ3v) is 3.30. The van der Waals surface area contributed by atoms with Crippen molar-refractivity contribution in [3.05, 3.63) is 23.8 Å². The summed E-state index contributed by atoms with van der Waals surface area (Å²) in [4.78, 5) is 16.1. The maximum absolute atomic E-state index is 12.3. The molecule has 0 radical (unpaired) electrons. The lowest BCUT2D eigenvalue weighted by Gasteiger charge is -2.31. The highest BCUT2D eigenvalue weighted by molar-refractivity contribution is 6.00. The second kappa shape index (κ2) is 5.93. The molecule has 19 heavy (non-hydrogen) atoms. The van der Waals surface area contributed by atoms with Gasteiger partial charge in [-0.15, -0.1) is 0 Å². The molecule has 1 fully saturated rings. The lowest BCUT2D eigenvalue weighted by atomic mass is 10.1. The van der Waals surface area contributed by atoms with E-state index in [0.29, 0.717) is 11.3 Å². The van der Waals surface area contributed by atoms with E-state index in [1.54, 1.807) is 26.1 Å². The van der Waals surface area contributed by atoms with Gasteiger partial charge in [-0.25, -0.2) is 0 Å². The van der Waals surface area contributed by atoms with Gasteiger partial charge < -0.3 is 19.9 Å². The monoisotopic (exact) mass is 263 g/mol. The Morgan fingerprint density at radius 3 is 2.58 bits per heavy atom. The largest absolute Gasteiger partial charge is 0.497 e. The molecule has 5 nitrogen and oxygen atoms in total.